The van der Waals surface area contributed by atoms with Gasteiger partial charge in [0.1, 0.15) is 5.75 Å². The van der Waals surface area contributed by atoms with Crippen molar-refractivity contribution < 1.29 is 9.53 Å². The Balaban J connectivity index is 3.07. The fraction of sp³-hybridized carbons (Fsp3) is 0.417. The summed E-state index contributed by atoms with van der Waals surface area (Å²) in [6.07, 6.45) is 1.57. The van der Waals surface area contributed by atoms with E-state index in [1.807, 2.05) is 38.1 Å². The first kappa shape index (κ1) is 11.5. The second kappa shape index (κ2) is 4.76. The van der Waals surface area contributed by atoms with Gasteiger partial charge in [-0.1, -0.05) is 32.0 Å². The van der Waals surface area contributed by atoms with E-state index in [4.69, 9.17) is 4.74 Å². The summed E-state index contributed by atoms with van der Waals surface area (Å²) in [5.74, 6) is 0.823. The zero-order chi connectivity index (χ0) is 11.3. The van der Waals surface area contributed by atoms with Crippen LogP contribution in [0.5, 0.6) is 5.75 Å². The normalized spacial score (nSPS) is 10.6. The fourth-order valence-electron chi connectivity index (χ4n) is 1.52. The molecule has 0 fully saturated rings. The first-order valence-electron chi connectivity index (χ1n) is 4.79. The van der Waals surface area contributed by atoms with E-state index >= 15 is 0 Å². The van der Waals surface area contributed by atoms with Gasteiger partial charge < -0.3 is 4.74 Å². The number of aliphatic imine (C=N–C) groups is 1. The number of hydrogen-bond donors (Lipinski definition) is 0. The predicted octanol–water partition coefficient (Wildman–Crippen LogP) is 2.31. The molecule has 1 aromatic rings. The average Bonchev–Trinajstić information content (AvgIpc) is 2.26. The third-order valence-corrected chi connectivity index (χ3v) is 2.37. The lowest BCUT2D eigenvalue weighted by Gasteiger charge is -2.24. The molecule has 1 aromatic carbocycles. The minimum absolute atomic E-state index is 0.218. The van der Waals surface area contributed by atoms with Crippen molar-refractivity contribution in [1.29, 1.82) is 0 Å². The van der Waals surface area contributed by atoms with Gasteiger partial charge in [-0.25, -0.2) is 9.79 Å². The molecular formula is C12H15NO2. The van der Waals surface area contributed by atoms with Gasteiger partial charge in [0.15, 0.2) is 0 Å². The molecule has 80 valence electrons. The summed E-state index contributed by atoms with van der Waals surface area (Å²) in [6.45, 7) is 4.45. The Hall–Kier alpha value is -1.60. The topological polar surface area (TPSA) is 38.7 Å². The number of hydrogen-bond acceptors (Lipinski definition) is 3. The molecule has 0 atom stereocenters. The van der Waals surface area contributed by atoms with Gasteiger partial charge >= 0.3 is 0 Å². The second-order valence-corrected chi connectivity index (χ2v) is 3.99. The van der Waals surface area contributed by atoms with Crippen molar-refractivity contribution in [1.82, 2.24) is 0 Å². The SMILES string of the molecule is COc1ccccc1C(C)(C)CN=C=O. The zero-order valence-corrected chi connectivity index (χ0v) is 9.28. The standard InChI is InChI=1S/C12H15NO2/c1-12(2,8-13-9-14)10-6-4-5-7-11(10)15-3/h4-7H,8H2,1-3H3. The van der Waals surface area contributed by atoms with Gasteiger partial charge in [-0.15, -0.1) is 0 Å². The minimum Gasteiger partial charge on any atom is -0.496 e. The van der Waals surface area contributed by atoms with E-state index in [1.54, 1.807) is 13.2 Å². The molecule has 0 aliphatic rings. The summed E-state index contributed by atoms with van der Waals surface area (Å²) in [4.78, 5) is 13.7. The summed E-state index contributed by atoms with van der Waals surface area (Å²) >= 11 is 0. The highest BCUT2D eigenvalue weighted by Gasteiger charge is 2.23. The lowest BCUT2D eigenvalue weighted by molar-refractivity contribution is 0.393. The lowest BCUT2D eigenvalue weighted by Crippen LogP contribution is -2.21. The Kier molecular flexibility index (Phi) is 3.64. The largest absolute Gasteiger partial charge is 0.496 e. The molecule has 0 spiro atoms. The van der Waals surface area contributed by atoms with Crippen LogP contribution in [-0.2, 0) is 10.2 Å². The van der Waals surface area contributed by atoms with Gasteiger partial charge in [-0.2, -0.15) is 0 Å². The molecule has 0 unspecified atom stereocenters. The van der Waals surface area contributed by atoms with Gasteiger partial charge in [0.25, 0.3) is 0 Å². The average molecular weight is 205 g/mol. The molecule has 0 heterocycles. The van der Waals surface area contributed by atoms with Crippen molar-refractivity contribution in [2.45, 2.75) is 19.3 Å². The van der Waals surface area contributed by atoms with Crippen LogP contribution in [0.15, 0.2) is 29.3 Å². The van der Waals surface area contributed by atoms with E-state index in [1.165, 1.54) is 0 Å². The van der Waals surface area contributed by atoms with Crippen LogP contribution in [0.3, 0.4) is 0 Å². The van der Waals surface area contributed by atoms with E-state index in [2.05, 4.69) is 4.99 Å². The number of ether oxygens (including phenoxy) is 1. The molecule has 0 radical (unpaired) electrons. The molecule has 15 heavy (non-hydrogen) atoms. The highest BCUT2D eigenvalue weighted by molar-refractivity contribution is 5.40. The fourth-order valence-corrected chi connectivity index (χ4v) is 1.52. The smallest absolute Gasteiger partial charge is 0.234 e. The number of nitrogens with zero attached hydrogens (tertiary/aromatic N) is 1. The Morgan fingerprint density at radius 1 is 1.40 bits per heavy atom. The number of rotatable bonds is 4. The first-order chi connectivity index (χ1) is 7.11. The van der Waals surface area contributed by atoms with E-state index in [9.17, 15) is 4.79 Å². The quantitative estimate of drug-likeness (QED) is 0.559. The van der Waals surface area contributed by atoms with Crippen molar-refractivity contribution in [3.05, 3.63) is 29.8 Å². The Morgan fingerprint density at radius 2 is 2.07 bits per heavy atom. The molecule has 0 aromatic heterocycles. The van der Waals surface area contributed by atoms with Gasteiger partial charge in [-0.05, 0) is 6.07 Å². The molecule has 0 amide bonds. The highest BCUT2D eigenvalue weighted by atomic mass is 16.5. The Labute approximate surface area is 89.8 Å². The summed E-state index contributed by atoms with van der Waals surface area (Å²) in [6, 6.07) is 7.76. The summed E-state index contributed by atoms with van der Waals surface area (Å²) in [5, 5.41) is 0. The second-order valence-electron chi connectivity index (χ2n) is 3.99. The molecule has 0 aliphatic heterocycles. The van der Waals surface area contributed by atoms with Gasteiger partial charge in [0, 0.05) is 11.0 Å². The molecule has 0 saturated carbocycles. The number of benzene rings is 1. The van der Waals surface area contributed by atoms with E-state index in [0.717, 1.165) is 11.3 Å². The molecular weight excluding hydrogens is 190 g/mol. The minimum atomic E-state index is -0.218. The Morgan fingerprint density at radius 3 is 2.67 bits per heavy atom. The van der Waals surface area contributed by atoms with Crippen LogP contribution in [-0.4, -0.2) is 19.7 Å². The maximum absolute atomic E-state index is 10.1. The first-order valence-corrected chi connectivity index (χ1v) is 4.79. The Bertz CT molecular complexity index is 379. The van der Waals surface area contributed by atoms with E-state index in [0.29, 0.717) is 6.54 Å². The van der Waals surface area contributed by atoms with Crippen LogP contribution in [0.2, 0.25) is 0 Å². The van der Waals surface area contributed by atoms with E-state index < -0.39 is 0 Å². The molecule has 0 N–H and O–H groups in total. The lowest BCUT2D eigenvalue weighted by atomic mass is 9.84. The van der Waals surface area contributed by atoms with E-state index in [-0.39, 0.29) is 5.41 Å². The molecule has 0 saturated heterocycles. The van der Waals surface area contributed by atoms with Crippen LogP contribution in [0.1, 0.15) is 19.4 Å². The predicted molar refractivity (Wildman–Crippen MR) is 59.0 cm³/mol. The number of carbonyl (C=O) groups excluding carboxylic acids is 1. The van der Waals surface area contributed by atoms with Gasteiger partial charge in [0.05, 0.1) is 13.7 Å². The molecule has 0 aliphatic carbocycles. The maximum Gasteiger partial charge on any atom is 0.234 e. The van der Waals surface area contributed by atoms with Crippen LogP contribution in [0.25, 0.3) is 0 Å². The molecule has 3 nitrogen and oxygen atoms in total. The van der Waals surface area contributed by atoms with Gasteiger partial charge in [-0.3, -0.25) is 0 Å². The monoisotopic (exact) mass is 205 g/mol. The van der Waals surface area contributed by atoms with Crippen molar-refractivity contribution >= 4 is 6.08 Å². The zero-order valence-electron chi connectivity index (χ0n) is 9.28. The number of methoxy groups -OCH3 is 1. The summed E-state index contributed by atoms with van der Waals surface area (Å²) in [5.41, 5.74) is 0.829. The third kappa shape index (κ3) is 2.67. The van der Waals surface area contributed by atoms with Crippen LogP contribution < -0.4 is 4.74 Å². The van der Waals surface area contributed by atoms with Crippen LogP contribution in [0.4, 0.5) is 0 Å². The number of para-hydroxylation sites is 1. The van der Waals surface area contributed by atoms with Crippen molar-refractivity contribution in [3.63, 3.8) is 0 Å². The van der Waals surface area contributed by atoms with Crippen molar-refractivity contribution in [2.24, 2.45) is 4.99 Å². The highest BCUT2D eigenvalue weighted by Crippen LogP contribution is 2.31. The van der Waals surface area contributed by atoms with Crippen molar-refractivity contribution in [2.75, 3.05) is 13.7 Å². The maximum atomic E-state index is 10.1. The summed E-state index contributed by atoms with van der Waals surface area (Å²) in [7, 11) is 1.64. The molecule has 1 rings (SSSR count). The van der Waals surface area contributed by atoms with Gasteiger partial charge in [0.2, 0.25) is 6.08 Å². The summed E-state index contributed by atoms with van der Waals surface area (Å²) < 4.78 is 5.27. The molecule has 3 heteroatoms. The van der Waals surface area contributed by atoms with Crippen LogP contribution >= 0.6 is 0 Å². The van der Waals surface area contributed by atoms with Crippen LogP contribution in [0, 0.1) is 0 Å². The molecule has 0 bridgehead atoms. The number of isocyanates is 1. The van der Waals surface area contributed by atoms with Crippen molar-refractivity contribution in [3.8, 4) is 5.75 Å². The third-order valence-electron chi connectivity index (χ3n) is 2.37.